The number of nitrogens with one attached hydrogen (secondary N) is 1. The van der Waals surface area contributed by atoms with Crippen LogP contribution in [0, 0.1) is 12.7 Å². The van der Waals surface area contributed by atoms with Crippen molar-refractivity contribution >= 4 is 11.5 Å². The van der Waals surface area contributed by atoms with Crippen LogP contribution in [0.4, 0.5) is 15.9 Å². The van der Waals surface area contributed by atoms with Crippen molar-refractivity contribution in [1.29, 1.82) is 0 Å². The van der Waals surface area contributed by atoms with Gasteiger partial charge in [-0.15, -0.1) is 0 Å². The number of nitrogens with two attached hydrogens (primary N) is 1. The van der Waals surface area contributed by atoms with E-state index in [-0.39, 0.29) is 11.9 Å². The van der Waals surface area contributed by atoms with Crippen molar-refractivity contribution in [2.75, 3.05) is 11.1 Å². The van der Waals surface area contributed by atoms with E-state index in [1.54, 1.807) is 12.1 Å². The van der Waals surface area contributed by atoms with Crippen LogP contribution in [-0.4, -0.2) is 9.78 Å². The van der Waals surface area contributed by atoms with Gasteiger partial charge in [0.15, 0.2) is 0 Å². The first-order chi connectivity index (χ1) is 9.00. The Hall–Kier alpha value is -2.04. The van der Waals surface area contributed by atoms with E-state index in [4.69, 9.17) is 5.73 Å². The molecule has 0 saturated carbocycles. The maximum atomic E-state index is 13.6. The highest BCUT2D eigenvalue weighted by atomic mass is 19.1. The number of benzene rings is 1. The molecule has 0 aliphatic rings. The fraction of sp³-hybridized carbons (Fsp3) is 0.357. The molecule has 4 nitrogen and oxygen atoms in total. The van der Waals surface area contributed by atoms with Crippen molar-refractivity contribution in [2.45, 2.75) is 33.4 Å². The number of halogens is 1. The number of hydrogen-bond acceptors (Lipinski definition) is 3. The van der Waals surface area contributed by atoms with Crippen LogP contribution < -0.4 is 11.1 Å². The highest BCUT2D eigenvalue weighted by molar-refractivity contribution is 5.65. The summed E-state index contributed by atoms with van der Waals surface area (Å²) in [5.41, 5.74) is 8.01. The lowest BCUT2D eigenvalue weighted by atomic mass is 10.2. The Morgan fingerprint density at radius 1 is 1.37 bits per heavy atom. The maximum absolute atomic E-state index is 13.6. The minimum atomic E-state index is -0.221. The van der Waals surface area contributed by atoms with Gasteiger partial charge >= 0.3 is 0 Å². The Morgan fingerprint density at radius 2 is 2.05 bits per heavy atom. The summed E-state index contributed by atoms with van der Waals surface area (Å²) >= 11 is 0. The molecular weight excluding hydrogens is 243 g/mol. The number of aryl methyl sites for hydroxylation is 1. The molecule has 1 heterocycles. The van der Waals surface area contributed by atoms with Gasteiger partial charge in [-0.05, 0) is 26.8 Å². The van der Waals surface area contributed by atoms with E-state index in [2.05, 4.69) is 10.4 Å². The van der Waals surface area contributed by atoms with Crippen LogP contribution >= 0.6 is 0 Å². The average Bonchev–Trinajstić information content (AvgIpc) is 2.65. The molecule has 1 aromatic heterocycles. The number of rotatable bonds is 4. The summed E-state index contributed by atoms with van der Waals surface area (Å²) in [4.78, 5) is 0. The molecule has 5 heteroatoms. The SMILES string of the molecule is Cc1nn(C(C)C)c(NCc2ccccc2F)c1N. The Kier molecular flexibility index (Phi) is 3.74. The minimum absolute atomic E-state index is 0.194. The second-order valence-electron chi connectivity index (χ2n) is 4.83. The lowest BCUT2D eigenvalue weighted by molar-refractivity contribution is 0.533. The summed E-state index contributed by atoms with van der Waals surface area (Å²) in [5, 5.41) is 7.56. The van der Waals surface area contributed by atoms with E-state index in [0.717, 1.165) is 11.5 Å². The summed E-state index contributed by atoms with van der Waals surface area (Å²) in [6.07, 6.45) is 0. The molecule has 0 fully saturated rings. The highest BCUT2D eigenvalue weighted by Gasteiger charge is 2.14. The average molecular weight is 262 g/mol. The first-order valence-electron chi connectivity index (χ1n) is 6.32. The normalized spacial score (nSPS) is 11.0. The van der Waals surface area contributed by atoms with Gasteiger partial charge in [-0.1, -0.05) is 18.2 Å². The van der Waals surface area contributed by atoms with Crippen LogP contribution in [0.2, 0.25) is 0 Å². The smallest absolute Gasteiger partial charge is 0.148 e. The molecule has 0 spiro atoms. The van der Waals surface area contributed by atoms with E-state index < -0.39 is 0 Å². The predicted molar refractivity (Wildman–Crippen MR) is 75.5 cm³/mol. The number of anilines is 2. The number of hydrogen-bond donors (Lipinski definition) is 2. The predicted octanol–water partition coefficient (Wildman–Crippen LogP) is 3.11. The third-order valence-electron chi connectivity index (χ3n) is 3.03. The summed E-state index contributed by atoms with van der Waals surface area (Å²) in [6.45, 7) is 6.30. The Labute approximate surface area is 112 Å². The van der Waals surface area contributed by atoms with Gasteiger partial charge in [-0.2, -0.15) is 5.10 Å². The van der Waals surface area contributed by atoms with Crippen LogP contribution in [0.1, 0.15) is 31.1 Å². The standard InChI is InChI=1S/C14H19FN4/c1-9(2)19-14(13(16)10(3)18-19)17-8-11-6-4-5-7-12(11)15/h4-7,9,17H,8,16H2,1-3H3. The summed E-state index contributed by atoms with van der Waals surface area (Å²) in [6, 6.07) is 6.89. The van der Waals surface area contributed by atoms with Gasteiger partial charge in [0.2, 0.25) is 0 Å². The van der Waals surface area contributed by atoms with Crippen molar-refractivity contribution in [3.63, 3.8) is 0 Å². The minimum Gasteiger partial charge on any atom is -0.394 e. The van der Waals surface area contributed by atoms with Crippen molar-refractivity contribution in [3.05, 3.63) is 41.3 Å². The van der Waals surface area contributed by atoms with Gasteiger partial charge < -0.3 is 11.1 Å². The molecule has 2 rings (SSSR count). The summed E-state index contributed by atoms with van der Waals surface area (Å²) < 4.78 is 15.4. The van der Waals surface area contributed by atoms with Crippen LogP contribution in [0.15, 0.2) is 24.3 Å². The molecule has 19 heavy (non-hydrogen) atoms. The molecule has 0 atom stereocenters. The van der Waals surface area contributed by atoms with E-state index in [0.29, 0.717) is 17.8 Å². The van der Waals surface area contributed by atoms with Gasteiger partial charge in [0.1, 0.15) is 11.6 Å². The lowest BCUT2D eigenvalue weighted by Crippen LogP contribution is -2.11. The monoisotopic (exact) mass is 262 g/mol. The molecule has 2 aromatic rings. The number of nitrogen functional groups attached to an aromatic ring is 1. The van der Waals surface area contributed by atoms with E-state index in [9.17, 15) is 4.39 Å². The number of nitrogens with zero attached hydrogens (tertiary/aromatic N) is 2. The summed E-state index contributed by atoms with van der Waals surface area (Å²) in [5.74, 6) is 0.525. The molecule has 0 unspecified atom stereocenters. The zero-order valence-electron chi connectivity index (χ0n) is 11.4. The molecular formula is C14H19FN4. The first-order valence-corrected chi connectivity index (χ1v) is 6.32. The largest absolute Gasteiger partial charge is 0.394 e. The summed E-state index contributed by atoms with van der Waals surface area (Å²) in [7, 11) is 0. The lowest BCUT2D eigenvalue weighted by Gasteiger charge is -2.13. The maximum Gasteiger partial charge on any atom is 0.148 e. The molecule has 1 aromatic carbocycles. The van der Waals surface area contributed by atoms with E-state index >= 15 is 0 Å². The zero-order chi connectivity index (χ0) is 14.0. The fourth-order valence-electron chi connectivity index (χ4n) is 1.93. The van der Waals surface area contributed by atoms with Gasteiger partial charge in [0.25, 0.3) is 0 Å². The van der Waals surface area contributed by atoms with Gasteiger partial charge in [-0.3, -0.25) is 0 Å². The molecule has 3 N–H and O–H groups in total. The van der Waals surface area contributed by atoms with Crippen LogP contribution in [0.25, 0.3) is 0 Å². The van der Waals surface area contributed by atoms with Crippen molar-refractivity contribution < 1.29 is 4.39 Å². The van der Waals surface area contributed by atoms with Crippen LogP contribution in [-0.2, 0) is 6.54 Å². The Balaban J connectivity index is 2.22. The molecule has 0 bridgehead atoms. The molecule has 0 amide bonds. The zero-order valence-corrected chi connectivity index (χ0v) is 11.4. The molecule has 0 aliphatic heterocycles. The molecule has 0 aliphatic carbocycles. The van der Waals surface area contributed by atoms with Crippen LogP contribution in [0.5, 0.6) is 0 Å². The second kappa shape index (κ2) is 5.30. The quantitative estimate of drug-likeness (QED) is 0.890. The van der Waals surface area contributed by atoms with E-state index in [1.807, 2.05) is 31.5 Å². The molecule has 102 valence electrons. The van der Waals surface area contributed by atoms with Gasteiger partial charge in [-0.25, -0.2) is 9.07 Å². The second-order valence-corrected chi connectivity index (χ2v) is 4.83. The first kappa shape index (κ1) is 13.4. The third kappa shape index (κ3) is 2.70. The Morgan fingerprint density at radius 3 is 2.68 bits per heavy atom. The highest BCUT2D eigenvalue weighted by Crippen LogP contribution is 2.26. The Bertz CT molecular complexity index is 575. The third-order valence-corrected chi connectivity index (χ3v) is 3.03. The van der Waals surface area contributed by atoms with Crippen LogP contribution in [0.3, 0.4) is 0 Å². The van der Waals surface area contributed by atoms with Gasteiger partial charge in [0.05, 0.1) is 11.4 Å². The van der Waals surface area contributed by atoms with E-state index in [1.165, 1.54) is 6.07 Å². The molecule has 0 saturated heterocycles. The molecule has 0 radical (unpaired) electrons. The number of aromatic nitrogens is 2. The van der Waals surface area contributed by atoms with Crippen molar-refractivity contribution in [3.8, 4) is 0 Å². The van der Waals surface area contributed by atoms with Gasteiger partial charge in [0, 0.05) is 18.2 Å². The van der Waals surface area contributed by atoms with Crippen molar-refractivity contribution in [2.24, 2.45) is 0 Å². The van der Waals surface area contributed by atoms with Crippen molar-refractivity contribution in [1.82, 2.24) is 9.78 Å². The topological polar surface area (TPSA) is 55.9 Å². The fourth-order valence-corrected chi connectivity index (χ4v) is 1.93.